The molecule has 0 saturated carbocycles. The molecule has 6 nitrogen and oxygen atoms in total. The Labute approximate surface area is 142 Å². The maximum absolute atomic E-state index is 11.9. The van der Waals surface area contributed by atoms with Crippen LogP contribution >= 0.6 is 0 Å². The first-order chi connectivity index (χ1) is 11.5. The molecule has 0 saturated heterocycles. The highest BCUT2D eigenvalue weighted by Gasteiger charge is 2.08. The van der Waals surface area contributed by atoms with Gasteiger partial charge in [-0.3, -0.25) is 14.3 Å². The average molecular weight is 328 g/mol. The van der Waals surface area contributed by atoms with Gasteiger partial charge in [0, 0.05) is 12.6 Å². The Bertz CT molecular complexity index is 665. The molecule has 0 aliphatic carbocycles. The molecule has 1 aromatic heterocycles. The van der Waals surface area contributed by atoms with Gasteiger partial charge in [-0.05, 0) is 17.9 Å². The van der Waals surface area contributed by atoms with Crippen molar-refractivity contribution in [3.63, 3.8) is 0 Å². The maximum atomic E-state index is 11.9. The second kappa shape index (κ2) is 8.86. The third kappa shape index (κ3) is 6.24. The van der Waals surface area contributed by atoms with Gasteiger partial charge < -0.3 is 10.6 Å². The Hall–Kier alpha value is -2.63. The van der Waals surface area contributed by atoms with Crippen molar-refractivity contribution in [3.8, 4) is 0 Å². The van der Waals surface area contributed by atoms with E-state index in [-0.39, 0.29) is 18.4 Å². The van der Waals surface area contributed by atoms with Gasteiger partial charge in [0.15, 0.2) is 0 Å². The molecule has 0 aliphatic heterocycles. The molecule has 0 aliphatic rings. The molecule has 2 rings (SSSR count). The van der Waals surface area contributed by atoms with E-state index in [0.717, 1.165) is 12.0 Å². The van der Waals surface area contributed by atoms with Crippen LogP contribution < -0.4 is 10.6 Å². The Kier molecular flexibility index (Phi) is 6.54. The molecule has 1 aromatic carbocycles. The summed E-state index contributed by atoms with van der Waals surface area (Å²) in [5.41, 5.74) is 1.75. The molecule has 0 atom stereocenters. The van der Waals surface area contributed by atoms with Gasteiger partial charge in [-0.1, -0.05) is 44.2 Å². The van der Waals surface area contributed by atoms with Crippen LogP contribution in [0, 0.1) is 5.92 Å². The predicted octanol–water partition coefficient (Wildman–Crippen LogP) is 2.42. The van der Waals surface area contributed by atoms with Crippen LogP contribution in [0.3, 0.4) is 0 Å². The van der Waals surface area contributed by atoms with E-state index >= 15 is 0 Å². The van der Waals surface area contributed by atoms with Crippen LogP contribution in [0.5, 0.6) is 0 Å². The van der Waals surface area contributed by atoms with Crippen LogP contribution in [0.25, 0.3) is 0 Å². The van der Waals surface area contributed by atoms with Gasteiger partial charge in [-0.25, -0.2) is 0 Å². The second-order valence-corrected chi connectivity index (χ2v) is 6.17. The lowest BCUT2D eigenvalue weighted by molar-refractivity contribution is -0.124. The van der Waals surface area contributed by atoms with Crippen LogP contribution in [0.4, 0.5) is 5.69 Å². The van der Waals surface area contributed by atoms with Gasteiger partial charge in [0.1, 0.15) is 0 Å². The smallest absolute Gasteiger partial charge is 0.243 e. The highest BCUT2D eigenvalue weighted by molar-refractivity contribution is 5.94. The molecule has 0 unspecified atom stereocenters. The quantitative estimate of drug-likeness (QED) is 0.781. The zero-order valence-electron chi connectivity index (χ0n) is 14.2. The lowest BCUT2D eigenvalue weighted by Gasteiger charge is -2.06. The number of anilines is 1. The molecule has 0 fully saturated rings. The van der Waals surface area contributed by atoms with Gasteiger partial charge in [0.2, 0.25) is 11.8 Å². The summed E-state index contributed by atoms with van der Waals surface area (Å²) < 4.78 is 1.76. The molecule has 24 heavy (non-hydrogen) atoms. The standard InChI is InChI=1S/C18H24N4O2/c1-14(2)8-9-17(23)19-11-18(24)21-16-10-20-22(13-16)12-15-6-4-3-5-7-15/h3-7,10,13-14H,8-9,11-12H2,1-2H3,(H,19,23)(H,21,24). The monoisotopic (exact) mass is 328 g/mol. The van der Waals surface area contributed by atoms with Gasteiger partial charge in [-0.2, -0.15) is 5.10 Å². The van der Waals surface area contributed by atoms with E-state index in [2.05, 4.69) is 29.6 Å². The molecule has 6 heteroatoms. The zero-order chi connectivity index (χ0) is 17.4. The summed E-state index contributed by atoms with van der Waals surface area (Å²) in [6, 6.07) is 9.96. The van der Waals surface area contributed by atoms with Crippen molar-refractivity contribution in [2.75, 3.05) is 11.9 Å². The second-order valence-electron chi connectivity index (χ2n) is 6.17. The number of benzene rings is 1. The van der Waals surface area contributed by atoms with Crippen molar-refractivity contribution >= 4 is 17.5 Å². The van der Waals surface area contributed by atoms with E-state index < -0.39 is 0 Å². The molecule has 0 bridgehead atoms. The molecule has 128 valence electrons. The molecule has 0 radical (unpaired) electrons. The minimum absolute atomic E-state index is 0.0270. The van der Waals surface area contributed by atoms with Crippen LogP contribution in [0.2, 0.25) is 0 Å². The fraction of sp³-hybridized carbons (Fsp3) is 0.389. The Morgan fingerprint density at radius 3 is 2.62 bits per heavy atom. The summed E-state index contributed by atoms with van der Waals surface area (Å²) >= 11 is 0. The minimum Gasteiger partial charge on any atom is -0.347 e. The summed E-state index contributed by atoms with van der Waals surface area (Å²) in [7, 11) is 0. The van der Waals surface area contributed by atoms with E-state index in [0.29, 0.717) is 24.6 Å². The van der Waals surface area contributed by atoms with E-state index in [1.54, 1.807) is 17.1 Å². The van der Waals surface area contributed by atoms with Gasteiger partial charge in [0.05, 0.1) is 25.0 Å². The number of hydrogen-bond donors (Lipinski definition) is 2. The number of carbonyl (C=O) groups excluding carboxylic acids is 2. The molecule has 2 N–H and O–H groups in total. The Morgan fingerprint density at radius 2 is 1.92 bits per heavy atom. The summed E-state index contributed by atoms with van der Waals surface area (Å²) in [6.45, 7) is 4.74. The van der Waals surface area contributed by atoms with Gasteiger partial charge in [-0.15, -0.1) is 0 Å². The normalized spacial score (nSPS) is 10.6. The van der Waals surface area contributed by atoms with Crippen molar-refractivity contribution in [1.82, 2.24) is 15.1 Å². The Morgan fingerprint density at radius 1 is 1.17 bits per heavy atom. The van der Waals surface area contributed by atoms with Gasteiger partial charge >= 0.3 is 0 Å². The fourth-order valence-corrected chi connectivity index (χ4v) is 2.18. The highest BCUT2D eigenvalue weighted by atomic mass is 16.2. The third-order valence-electron chi connectivity index (χ3n) is 3.50. The zero-order valence-corrected chi connectivity index (χ0v) is 14.2. The van der Waals surface area contributed by atoms with E-state index in [9.17, 15) is 9.59 Å². The van der Waals surface area contributed by atoms with E-state index in [4.69, 9.17) is 0 Å². The largest absolute Gasteiger partial charge is 0.347 e. The SMILES string of the molecule is CC(C)CCC(=O)NCC(=O)Nc1cnn(Cc2ccccc2)c1. The molecule has 2 aromatic rings. The van der Waals surface area contributed by atoms with E-state index in [1.165, 1.54) is 0 Å². The van der Waals surface area contributed by atoms with Crippen molar-refractivity contribution in [3.05, 3.63) is 48.3 Å². The predicted molar refractivity (Wildman–Crippen MR) is 93.5 cm³/mol. The number of carbonyl (C=O) groups is 2. The average Bonchev–Trinajstić information content (AvgIpc) is 2.98. The van der Waals surface area contributed by atoms with Crippen LogP contribution in [-0.4, -0.2) is 28.1 Å². The molecule has 2 amide bonds. The van der Waals surface area contributed by atoms with Crippen molar-refractivity contribution < 1.29 is 9.59 Å². The molecule has 0 spiro atoms. The number of aromatic nitrogens is 2. The van der Waals surface area contributed by atoms with Gasteiger partial charge in [0.25, 0.3) is 0 Å². The van der Waals surface area contributed by atoms with Crippen molar-refractivity contribution in [1.29, 1.82) is 0 Å². The first kappa shape index (κ1) is 17.7. The lowest BCUT2D eigenvalue weighted by atomic mass is 10.1. The molecular formula is C18H24N4O2. The number of hydrogen-bond acceptors (Lipinski definition) is 3. The van der Waals surface area contributed by atoms with Crippen LogP contribution in [0.15, 0.2) is 42.7 Å². The number of rotatable bonds is 8. The van der Waals surface area contributed by atoms with Crippen LogP contribution in [-0.2, 0) is 16.1 Å². The number of amides is 2. The summed E-state index contributed by atoms with van der Waals surface area (Å²) in [4.78, 5) is 23.5. The topological polar surface area (TPSA) is 76.0 Å². The van der Waals surface area contributed by atoms with Crippen molar-refractivity contribution in [2.24, 2.45) is 5.92 Å². The summed E-state index contributed by atoms with van der Waals surface area (Å²) in [6.07, 6.45) is 4.63. The first-order valence-corrected chi connectivity index (χ1v) is 8.16. The first-order valence-electron chi connectivity index (χ1n) is 8.16. The molecular weight excluding hydrogens is 304 g/mol. The lowest BCUT2D eigenvalue weighted by Crippen LogP contribution is -2.32. The summed E-state index contributed by atoms with van der Waals surface area (Å²) in [5, 5.41) is 9.58. The number of nitrogens with zero attached hydrogens (tertiary/aromatic N) is 2. The number of nitrogens with one attached hydrogen (secondary N) is 2. The fourth-order valence-electron chi connectivity index (χ4n) is 2.18. The third-order valence-corrected chi connectivity index (χ3v) is 3.50. The van der Waals surface area contributed by atoms with Crippen LogP contribution in [0.1, 0.15) is 32.3 Å². The minimum atomic E-state index is -0.257. The van der Waals surface area contributed by atoms with Crippen molar-refractivity contribution in [2.45, 2.75) is 33.2 Å². The maximum Gasteiger partial charge on any atom is 0.243 e. The van der Waals surface area contributed by atoms with E-state index in [1.807, 2.05) is 30.3 Å². The summed E-state index contributed by atoms with van der Waals surface area (Å²) in [5.74, 6) is 0.116. The highest BCUT2D eigenvalue weighted by Crippen LogP contribution is 2.08. The Balaban J connectivity index is 1.75. The molecule has 1 heterocycles.